The maximum Gasteiger partial charge on any atom is 0.287 e. The average molecular weight is 544 g/mol. The predicted molar refractivity (Wildman–Crippen MR) is 137 cm³/mol. The van der Waals surface area contributed by atoms with Crippen LogP contribution >= 0.6 is 11.3 Å². The summed E-state index contributed by atoms with van der Waals surface area (Å²) in [5.41, 5.74) is -0.431. The molecular weight excluding hydrogens is 510 g/mol. The minimum Gasteiger partial charge on any atom is -0.511 e. The molecule has 3 heterocycles. The predicted octanol–water partition coefficient (Wildman–Crippen LogP) is 3.50. The van der Waals surface area contributed by atoms with Crippen molar-refractivity contribution in [2.24, 2.45) is 15.7 Å². The third-order valence-electron chi connectivity index (χ3n) is 7.09. The second-order valence-electron chi connectivity index (χ2n) is 10.6. The van der Waals surface area contributed by atoms with Gasteiger partial charge in [0.2, 0.25) is 0 Å². The molecule has 12 heteroatoms. The van der Waals surface area contributed by atoms with Crippen LogP contribution in [0.2, 0.25) is 0 Å². The standard InChI is InChI=1S/C23H33N3O6S3/c1-14(2)8-10-23(3)13-26(16-6-5-7-16)22(28)17(19(23)27)20-24-21-18(35(31,32)25-20)15(12-33-21)9-11-34(4,29)30/h12,14,16,27H,5-11,13H2,1-4H3,(H,24,25). The zero-order valence-corrected chi connectivity index (χ0v) is 22.9. The number of amidine groups is 1. The number of nitrogens with one attached hydrogen (secondary N) is 1. The summed E-state index contributed by atoms with van der Waals surface area (Å²) in [4.78, 5) is 15.3. The lowest BCUT2D eigenvalue weighted by molar-refractivity contribution is -0.134. The number of aryl methyl sites for hydroxylation is 1. The zero-order valence-electron chi connectivity index (χ0n) is 20.5. The molecule has 3 aliphatic rings. The highest BCUT2D eigenvalue weighted by Crippen LogP contribution is 2.44. The number of sulfonamides is 1. The normalized spacial score (nSPS) is 24.8. The maximum atomic E-state index is 13.6. The Balaban J connectivity index is 1.75. The Morgan fingerprint density at radius 1 is 1.34 bits per heavy atom. The van der Waals surface area contributed by atoms with Crippen molar-refractivity contribution in [1.82, 2.24) is 4.90 Å². The molecule has 1 fully saturated rings. The lowest BCUT2D eigenvalue weighted by Crippen LogP contribution is -2.55. The van der Waals surface area contributed by atoms with Crippen molar-refractivity contribution < 1.29 is 26.7 Å². The number of hydrogen-bond acceptors (Lipinski definition) is 8. The highest BCUT2D eigenvalue weighted by atomic mass is 32.2. The Labute approximate surface area is 211 Å². The molecule has 0 saturated heterocycles. The van der Waals surface area contributed by atoms with Crippen molar-refractivity contribution in [3.63, 3.8) is 0 Å². The van der Waals surface area contributed by atoms with Crippen LogP contribution in [-0.2, 0) is 31.1 Å². The van der Waals surface area contributed by atoms with Crippen LogP contribution in [0.4, 0.5) is 5.00 Å². The minimum atomic E-state index is -4.21. The lowest BCUT2D eigenvalue weighted by atomic mass is 9.75. The molecule has 1 atom stereocenters. The molecular formula is C23H33N3O6S3. The third-order valence-corrected chi connectivity index (χ3v) is 10.5. The minimum absolute atomic E-state index is 0.0477. The topological polar surface area (TPSA) is 133 Å². The zero-order chi connectivity index (χ0) is 25.8. The van der Waals surface area contributed by atoms with E-state index >= 15 is 0 Å². The average Bonchev–Trinajstić information content (AvgIpc) is 3.11. The Kier molecular flexibility index (Phi) is 6.86. The highest BCUT2D eigenvalue weighted by molar-refractivity contribution is 7.91. The smallest absolute Gasteiger partial charge is 0.287 e. The van der Waals surface area contributed by atoms with Crippen LogP contribution in [0.25, 0.3) is 0 Å². The number of carbonyl (C=O) groups is 1. The van der Waals surface area contributed by atoms with E-state index in [0.717, 1.165) is 43.3 Å². The van der Waals surface area contributed by atoms with Crippen molar-refractivity contribution in [1.29, 1.82) is 0 Å². The molecule has 1 unspecified atom stereocenters. The molecule has 194 valence electrons. The van der Waals surface area contributed by atoms with Crippen LogP contribution in [0.3, 0.4) is 0 Å². The van der Waals surface area contributed by atoms with E-state index in [1.54, 1.807) is 10.3 Å². The summed E-state index contributed by atoms with van der Waals surface area (Å²) in [5, 5.41) is 16.2. The van der Waals surface area contributed by atoms with Crippen LogP contribution in [0.5, 0.6) is 0 Å². The highest BCUT2D eigenvalue weighted by Gasteiger charge is 2.48. The Bertz CT molecular complexity index is 1310. The van der Waals surface area contributed by atoms with Gasteiger partial charge in [-0.25, -0.2) is 8.42 Å². The number of aliphatic hydroxyl groups is 1. The van der Waals surface area contributed by atoms with Gasteiger partial charge >= 0.3 is 0 Å². The summed E-state index contributed by atoms with van der Waals surface area (Å²) in [6.07, 6.45) is 5.45. The second kappa shape index (κ2) is 9.19. The first-order chi connectivity index (χ1) is 16.2. The van der Waals surface area contributed by atoms with E-state index in [-0.39, 0.29) is 45.3 Å². The number of nitrogens with zero attached hydrogens (tertiary/aromatic N) is 2. The summed E-state index contributed by atoms with van der Waals surface area (Å²) >= 11 is 1.12. The van der Waals surface area contributed by atoms with E-state index in [4.69, 9.17) is 0 Å². The fourth-order valence-electron chi connectivity index (χ4n) is 4.70. The van der Waals surface area contributed by atoms with Crippen molar-refractivity contribution in [2.45, 2.75) is 70.2 Å². The van der Waals surface area contributed by atoms with Crippen molar-refractivity contribution >= 4 is 47.9 Å². The first-order valence-corrected chi connectivity index (χ1v) is 16.2. The van der Waals surface area contributed by atoms with Gasteiger partial charge in [-0.2, -0.15) is 8.42 Å². The molecule has 0 spiro atoms. The molecule has 1 saturated carbocycles. The van der Waals surface area contributed by atoms with Gasteiger partial charge in [-0.3, -0.25) is 4.79 Å². The third kappa shape index (κ3) is 5.15. The summed E-state index contributed by atoms with van der Waals surface area (Å²) in [5.74, 6) is -0.485. The van der Waals surface area contributed by atoms with Crippen LogP contribution in [0.1, 0.15) is 58.4 Å². The fraction of sp³-hybridized carbons (Fsp3) is 0.652. The van der Waals surface area contributed by atoms with E-state index in [1.165, 1.54) is 0 Å². The SMILES string of the molecule is CC(C)CCC1(C)CN(C2CCC2)C(=O)C(C2=NS(=O)(=O)c3c(CCS(C)(=O)=O)csc3N2)=C1O. The first kappa shape index (κ1) is 26.2. The monoisotopic (exact) mass is 543 g/mol. The first-order valence-electron chi connectivity index (χ1n) is 11.9. The van der Waals surface area contributed by atoms with Gasteiger partial charge in [0, 0.05) is 24.3 Å². The molecule has 0 aromatic carbocycles. The van der Waals surface area contributed by atoms with Crippen molar-refractivity contribution in [3.8, 4) is 0 Å². The molecule has 1 aromatic heterocycles. The number of amides is 1. The number of aliphatic hydroxyl groups excluding tert-OH is 1. The largest absolute Gasteiger partial charge is 0.511 e. The van der Waals surface area contributed by atoms with E-state index < -0.39 is 31.2 Å². The van der Waals surface area contributed by atoms with Crippen molar-refractivity contribution in [2.75, 3.05) is 23.9 Å². The van der Waals surface area contributed by atoms with Gasteiger partial charge < -0.3 is 15.3 Å². The number of anilines is 1. The molecule has 1 aliphatic carbocycles. The fourth-order valence-corrected chi connectivity index (χ4v) is 7.97. The summed E-state index contributed by atoms with van der Waals surface area (Å²) in [7, 11) is -7.49. The molecule has 1 aromatic rings. The number of fused-ring (bicyclic) bond motifs is 1. The summed E-state index contributed by atoms with van der Waals surface area (Å²) < 4.78 is 53.5. The van der Waals surface area contributed by atoms with Gasteiger partial charge in [0.05, 0.1) is 5.75 Å². The Morgan fingerprint density at radius 2 is 2.03 bits per heavy atom. The molecule has 1 amide bonds. The van der Waals surface area contributed by atoms with Gasteiger partial charge in [-0.05, 0) is 55.4 Å². The van der Waals surface area contributed by atoms with Crippen LogP contribution in [0, 0.1) is 11.3 Å². The number of carbonyl (C=O) groups excluding carboxylic acids is 1. The molecule has 2 aliphatic heterocycles. The van der Waals surface area contributed by atoms with Gasteiger partial charge in [0.25, 0.3) is 15.9 Å². The van der Waals surface area contributed by atoms with Crippen LogP contribution < -0.4 is 5.32 Å². The van der Waals surface area contributed by atoms with Crippen molar-refractivity contribution in [3.05, 3.63) is 22.3 Å². The number of rotatable bonds is 8. The van der Waals surface area contributed by atoms with Crippen LogP contribution in [-0.4, -0.2) is 63.2 Å². The number of sulfone groups is 1. The van der Waals surface area contributed by atoms with Gasteiger partial charge in [0.1, 0.15) is 31.1 Å². The van der Waals surface area contributed by atoms with E-state index in [0.29, 0.717) is 24.4 Å². The maximum absolute atomic E-state index is 13.6. The number of hydrogen-bond donors (Lipinski definition) is 2. The molecule has 0 radical (unpaired) electrons. The van der Waals surface area contributed by atoms with Crippen LogP contribution in [0.15, 0.2) is 26.0 Å². The molecule has 0 bridgehead atoms. The molecule has 2 N–H and O–H groups in total. The summed E-state index contributed by atoms with van der Waals surface area (Å²) in [6.45, 7) is 6.50. The van der Waals surface area contributed by atoms with E-state index in [9.17, 15) is 26.7 Å². The van der Waals surface area contributed by atoms with E-state index in [1.807, 2.05) is 6.92 Å². The van der Waals surface area contributed by atoms with E-state index in [2.05, 4.69) is 23.6 Å². The van der Waals surface area contributed by atoms with Gasteiger partial charge in [-0.1, -0.05) is 20.8 Å². The lowest BCUT2D eigenvalue weighted by Gasteiger charge is -2.47. The van der Waals surface area contributed by atoms with Gasteiger partial charge in [0.15, 0.2) is 5.84 Å². The molecule has 9 nitrogen and oxygen atoms in total. The Morgan fingerprint density at radius 3 is 2.60 bits per heavy atom. The molecule has 35 heavy (non-hydrogen) atoms. The molecule has 4 rings (SSSR count). The Hall–Kier alpha value is -1.92. The summed E-state index contributed by atoms with van der Waals surface area (Å²) in [6, 6.07) is 0.0738. The van der Waals surface area contributed by atoms with Gasteiger partial charge in [-0.15, -0.1) is 15.7 Å². The second-order valence-corrected chi connectivity index (χ2v) is 15.3. The number of thiophene rings is 1. The quantitative estimate of drug-likeness (QED) is 0.513.